The van der Waals surface area contributed by atoms with E-state index < -0.39 is 0 Å². The Morgan fingerprint density at radius 3 is 0.815 bits per heavy atom. The van der Waals surface area contributed by atoms with E-state index in [0.717, 1.165) is 47.8 Å². The third-order valence-electron chi connectivity index (χ3n) is 12.6. The minimum atomic E-state index is -0.110. The van der Waals surface area contributed by atoms with Crippen LogP contribution < -0.4 is 18.9 Å². The van der Waals surface area contributed by atoms with Crippen LogP contribution in [0.4, 0.5) is 0 Å². The number of rotatable bonds is 12. The van der Waals surface area contributed by atoms with Crippen molar-refractivity contribution in [2.45, 2.75) is 177 Å². The summed E-state index contributed by atoms with van der Waals surface area (Å²) in [6.45, 7) is 36.9. The molecule has 0 unspecified atom stereocenters. The van der Waals surface area contributed by atoms with Gasteiger partial charge in [0.25, 0.3) is 0 Å². The number of benzene rings is 5. The lowest BCUT2D eigenvalue weighted by Gasteiger charge is -2.29. The Labute approximate surface area is 407 Å². The number of ether oxygens (including phenoxy) is 4. The first-order chi connectivity index (χ1) is 30.5. The molecule has 0 aliphatic heterocycles. The van der Waals surface area contributed by atoms with E-state index in [-0.39, 0.29) is 21.7 Å². The third-order valence-corrected chi connectivity index (χ3v) is 13.3. The van der Waals surface area contributed by atoms with E-state index in [9.17, 15) is 0 Å². The van der Waals surface area contributed by atoms with E-state index in [1.54, 1.807) is 0 Å². The lowest BCUT2D eigenvalue weighted by Crippen LogP contribution is -2.18. The predicted octanol–water partition coefficient (Wildman–Crippen LogP) is 16.1. The average molecular weight is 991 g/mol. The van der Waals surface area contributed by atoms with Crippen molar-refractivity contribution >= 4 is 22.6 Å². The van der Waals surface area contributed by atoms with Gasteiger partial charge in [0.15, 0.2) is 0 Å². The minimum Gasteiger partial charge on any atom is -0.493 e. The normalized spacial score (nSPS) is 13.4. The van der Waals surface area contributed by atoms with Gasteiger partial charge in [-0.15, -0.1) is 0 Å². The molecule has 1 aliphatic rings. The Bertz CT molecular complexity index is 2310. The molecule has 5 aromatic carbocycles. The topological polar surface area (TPSA) is 36.9 Å². The van der Waals surface area contributed by atoms with Crippen molar-refractivity contribution in [1.82, 2.24) is 0 Å². The lowest BCUT2D eigenvalue weighted by molar-refractivity contribution is 0.298. The maximum absolute atomic E-state index is 7.22. The largest absolute Gasteiger partial charge is 0.493 e. The van der Waals surface area contributed by atoms with Crippen molar-refractivity contribution in [2.75, 3.05) is 19.8 Å². The molecule has 1 aliphatic carbocycles. The molecule has 8 bridgehead atoms. The molecule has 350 valence electrons. The van der Waals surface area contributed by atoms with E-state index in [4.69, 9.17) is 18.9 Å². The molecule has 0 heterocycles. The standard InChI is InChI=1S/C60H79IO4/c1-16-23-62-53-40-26-42-32-49(58(7,8)9)34-44(54(42)63-24-17-2)28-46-36-51(60(13,14)15)37-47(56(46)65-38-39-19-21-52(61)22-20-39)29-45-35-50(59(10,11)12)33-43(55(45)64-25-18-3)27-41(53)31-48(30-40)57(4,5)6/h19-22,30-37H,16-18,23-29,38H2,1-15H3. The molecule has 0 atom stereocenters. The van der Waals surface area contributed by atoms with Gasteiger partial charge in [0.05, 0.1) is 19.8 Å². The highest BCUT2D eigenvalue weighted by molar-refractivity contribution is 14.1. The van der Waals surface area contributed by atoms with Gasteiger partial charge in [-0.2, -0.15) is 0 Å². The first-order valence-corrected chi connectivity index (χ1v) is 25.5. The number of hydrogen-bond acceptors (Lipinski definition) is 4. The molecular weight excluding hydrogens is 912 g/mol. The van der Waals surface area contributed by atoms with Gasteiger partial charge in [-0.25, -0.2) is 0 Å². The molecule has 6 rings (SSSR count). The zero-order valence-electron chi connectivity index (χ0n) is 42.7. The van der Waals surface area contributed by atoms with Gasteiger partial charge in [-0.1, -0.05) is 165 Å². The summed E-state index contributed by atoms with van der Waals surface area (Å²) in [6.07, 6.45) is 5.44. The summed E-state index contributed by atoms with van der Waals surface area (Å²) in [7, 11) is 0. The fourth-order valence-corrected chi connectivity index (χ4v) is 9.07. The van der Waals surface area contributed by atoms with Crippen molar-refractivity contribution in [2.24, 2.45) is 0 Å². The summed E-state index contributed by atoms with van der Waals surface area (Å²) in [5, 5.41) is 0. The van der Waals surface area contributed by atoms with Crippen molar-refractivity contribution in [1.29, 1.82) is 0 Å². The van der Waals surface area contributed by atoms with Gasteiger partial charge in [0.1, 0.15) is 29.6 Å². The van der Waals surface area contributed by atoms with Gasteiger partial charge in [0.2, 0.25) is 0 Å². The second-order valence-corrected chi connectivity index (χ2v) is 23.9. The molecule has 5 aromatic rings. The molecule has 0 amide bonds. The van der Waals surface area contributed by atoms with Gasteiger partial charge in [-0.05, 0) is 148 Å². The van der Waals surface area contributed by atoms with Crippen LogP contribution in [0.1, 0.15) is 195 Å². The quantitative estimate of drug-likeness (QED) is 0.115. The second kappa shape index (κ2) is 20.5. The number of hydrogen-bond donors (Lipinski definition) is 0. The Balaban J connectivity index is 1.79. The van der Waals surface area contributed by atoms with Crippen LogP contribution in [0.5, 0.6) is 23.0 Å². The second-order valence-electron chi connectivity index (χ2n) is 22.7. The van der Waals surface area contributed by atoms with E-state index in [2.05, 4.69) is 199 Å². The maximum atomic E-state index is 7.22. The number of fused-ring (bicyclic) bond motifs is 8. The third kappa shape index (κ3) is 12.5. The summed E-state index contributed by atoms with van der Waals surface area (Å²) in [5.74, 6) is 3.91. The Morgan fingerprint density at radius 2 is 0.600 bits per heavy atom. The van der Waals surface area contributed by atoms with Crippen LogP contribution in [0.2, 0.25) is 0 Å². The monoisotopic (exact) mass is 991 g/mol. The highest BCUT2D eigenvalue weighted by Gasteiger charge is 2.29. The van der Waals surface area contributed by atoms with Crippen molar-refractivity contribution in [3.05, 3.63) is 149 Å². The molecule has 4 nitrogen and oxygen atoms in total. The van der Waals surface area contributed by atoms with Gasteiger partial charge in [-0.3, -0.25) is 0 Å². The molecule has 0 aromatic heterocycles. The van der Waals surface area contributed by atoms with Gasteiger partial charge >= 0.3 is 0 Å². The van der Waals surface area contributed by atoms with Crippen molar-refractivity contribution in [3.8, 4) is 23.0 Å². The molecule has 0 spiro atoms. The smallest absolute Gasteiger partial charge is 0.126 e. The summed E-state index contributed by atoms with van der Waals surface area (Å²) < 4.78 is 29.4. The number of halogens is 1. The van der Waals surface area contributed by atoms with Crippen LogP contribution in [0, 0.1) is 3.57 Å². The average Bonchev–Trinajstić information content (AvgIpc) is 3.21. The van der Waals surface area contributed by atoms with E-state index >= 15 is 0 Å². The Morgan fingerprint density at radius 1 is 0.369 bits per heavy atom. The molecule has 0 saturated heterocycles. The van der Waals surface area contributed by atoms with Crippen LogP contribution in [0.15, 0.2) is 72.8 Å². The Kier molecular flexibility index (Phi) is 15.9. The summed E-state index contributed by atoms with van der Waals surface area (Å²) in [4.78, 5) is 0. The van der Waals surface area contributed by atoms with Gasteiger partial charge in [0, 0.05) is 29.3 Å². The summed E-state index contributed by atoms with van der Waals surface area (Å²) in [6, 6.07) is 28.1. The minimum absolute atomic E-state index is 0.0877. The highest BCUT2D eigenvalue weighted by atomic mass is 127. The molecule has 0 N–H and O–H groups in total. The van der Waals surface area contributed by atoms with Crippen LogP contribution in [0.3, 0.4) is 0 Å². The SMILES string of the molecule is CCCOc1c2cc(C(C)(C)C)cc1Cc1cc(C(C)(C)C)cc(c1OCCC)Cc1cc(C(C)(C)C)cc(c1OCc1ccc(I)cc1)Cc1cc(C(C)(C)C)cc(c1OCCC)C2. The molecule has 5 heteroatoms. The van der Waals surface area contributed by atoms with E-state index in [0.29, 0.717) is 52.1 Å². The molecule has 0 radical (unpaired) electrons. The van der Waals surface area contributed by atoms with Crippen molar-refractivity contribution in [3.63, 3.8) is 0 Å². The lowest BCUT2D eigenvalue weighted by atomic mass is 9.79. The zero-order valence-corrected chi connectivity index (χ0v) is 44.9. The Hall–Kier alpha value is -3.97. The molecular formula is C60H79IO4. The van der Waals surface area contributed by atoms with E-state index in [1.807, 2.05) is 0 Å². The molecule has 0 saturated carbocycles. The fourth-order valence-electron chi connectivity index (χ4n) is 8.71. The van der Waals surface area contributed by atoms with Crippen molar-refractivity contribution < 1.29 is 18.9 Å². The summed E-state index contributed by atoms with van der Waals surface area (Å²) in [5.41, 5.74) is 15.5. The van der Waals surface area contributed by atoms with Crippen LogP contribution in [0.25, 0.3) is 0 Å². The van der Waals surface area contributed by atoms with Gasteiger partial charge < -0.3 is 18.9 Å². The van der Waals surface area contributed by atoms with Crippen LogP contribution >= 0.6 is 22.6 Å². The first-order valence-electron chi connectivity index (χ1n) is 24.4. The molecule has 65 heavy (non-hydrogen) atoms. The molecule has 0 fully saturated rings. The fraction of sp³-hybridized carbons (Fsp3) is 0.500. The van der Waals surface area contributed by atoms with Crippen LogP contribution in [-0.4, -0.2) is 19.8 Å². The first kappa shape index (κ1) is 50.4. The van der Waals surface area contributed by atoms with Crippen LogP contribution in [-0.2, 0) is 54.0 Å². The maximum Gasteiger partial charge on any atom is 0.126 e. The van der Waals surface area contributed by atoms with E-state index in [1.165, 1.54) is 70.3 Å². The predicted molar refractivity (Wildman–Crippen MR) is 283 cm³/mol. The highest BCUT2D eigenvalue weighted by Crippen LogP contribution is 2.44. The summed E-state index contributed by atoms with van der Waals surface area (Å²) >= 11 is 2.38. The zero-order chi connectivity index (χ0) is 47.5.